The fraction of sp³-hybridized carbons (Fsp3) is 0.519. The number of likely N-dealkylation sites (N-methyl/N-ethyl adjacent to an activating group) is 1. The van der Waals surface area contributed by atoms with E-state index in [1.807, 2.05) is 12.1 Å². The summed E-state index contributed by atoms with van der Waals surface area (Å²) in [5.41, 5.74) is 2.49. The van der Waals surface area contributed by atoms with E-state index in [4.69, 9.17) is 4.74 Å². The molecular weight excluding hydrogens is 485 g/mol. The lowest BCUT2D eigenvalue weighted by atomic mass is 9.85. The molecule has 10 heteroatoms. The molecule has 7 nitrogen and oxygen atoms in total. The SMILES string of the molecule is COCC1(C(=O)N2CCc3ncc(C(F)(F)F)cc3C2)CCN(C(C)c2ccc3c(c2)N(C)C(=O)C3)C1. The van der Waals surface area contributed by atoms with Gasteiger partial charge in [0.2, 0.25) is 11.8 Å². The number of aromatic nitrogens is 1. The van der Waals surface area contributed by atoms with Crippen LogP contribution in [0.1, 0.15) is 47.3 Å². The van der Waals surface area contributed by atoms with E-state index in [0.717, 1.165) is 29.1 Å². The maximum absolute atomic E-state index is 13.9. The number of pyridine rings is 1. The number of carbonyl (C=O) groups excluding carboxylic acids is 2. The lowest BCUT2D eigenvalue weighted by molar-refractivity contribution is -0.145. The number of hydrogen-bond donors (Lipinski definition) is 0. The van der Waals surface area contributed by atoms with Crippen LogP contribution in [0.25, 0.3) is 0 Å². The number of ether oxygens (including phenoxy) is 1. The number of likely N-dealkylation sites (tertiary alicyclic amines) is 1. The number of halogens is 3. The van der Waals surface area contributed by atoms with E-state index in [2.05, 4.69) is 22.9 Å². The van der Waals surface area contributed by atoms with Crippen molar-refractivity contribution in [3.63, 3.8) is 0 Å². The van der Waals surface area contributed by atoms with Gasteiger partial charge in [-0.1, -0.05) is 12.1 Å². The minimum Gasteiger partial charge on any atom is -0.384 e. The average Bonchev–Trinajstić information content (AvgIpc) is 3.43. The van der Waals surface area contributed by atoms with Crippen LogP contribution in [-0.2, 0) is 39.9 Å². The highest BCUT2D eigenvalue weighted by molar-refractivity contribution is 6.01. The lowest BCUT2D eigenvalue weighted by Gasteiger charge is -2.37. The Morgan fingerprint density at radius 3 is 2.73 bits per heavy atom. The van der Waals surface area contributed by atoms with Gasteiger partial charge in [-0.3, -0.25) is 19.5 Å². The van der Waals surface area contributed by atoms with Crippen molar-refractivity contribution in [3.05, 3.63) is 58.4 Å². The van der Waals surface area contributed by atoms with E-state index in [9.17, 15) is 22.8 Å². The van der Waals surface area contributed by atoms with Gasteiger partial charge in [-0.2, -0.15) is 13.2 Å². The third-order valence-corrected chi connectivity index (χ3v) is 8.13. The van der Waals surface area contributed by atoms with E-state index in [-0.39, 0.29) is 31.0 Å². The Kier molecular flexibility index (Phi) is 6.52. The van der Waals surface area contributed by atoms with Crippen LogP contribution in [0.5, 0.6) is 0 Å². The molecule has 4 heterocycles. The first-order chi connectivity index (χ1) is 17.5. The predicted octanol–water partition coefficient (Wildman–Crippen LogP) is 3.60. The summed E-state index contributed by atoms with van der Waals surface area (Å²) in [7, 11) is 3.35. The maximum Gasteiger partial charge on any atom is 0.417 e. The minimum absolute atomic E-state index is 0.0153. The van der Waals surface area contributed by atoms with Gasteiger partial charge in [0.25, 0.3) is 0 Å². The largest absolute Gasteiger partial charge is 0.417 e. The van der Waals surface area contributed by atoms with Crippen molar-refractivity contribution in [1.82, 2.24) is 14.8 Å². The number of anilines is 1. The molecule has 2 atom stereocenters. The summed E-state index contributed by atoms with van der Waals surface area (Å²) < 4.78 is 45.2. The summed E-state index contributed by atoms with van der Waals surface area (Å²) in [5, 5.41) is 0. The number of hydrogen-bond acceptors (Lipinski definition) is 5. The average molecular weight is 517 g/mol. The summed E-state index contributed by atoms with van der Waals surface area (Å²) in [4.78, 5) is 35.6. The molecule has 5 rings (SSSR count). The number of nitrogens with zero attached hydrogens (tertiary/aromatic N) is 4. The fourth-order valence-corrected chi connectivity index (χ4v) is 5.88. The summed E-state index contributed by atoms with van der Waals surface area (Å²) in [6, 6.07) is 7.22. The number of rotatable bonds is 5. The summed E-state index contributed by atoms with van der Waals surface area (Å²) in [6.45, 7) is 4.02. The van der Waals surface area contributed by atoms with Crippen LogP contribution in [0.4, 0.5) is 18.9 Å². The zero-order chi connectivity index (χ0) is 26.5. The molecule has 0 aliphatic carbocycles. The molecule has 0 saturated carbocycles. The van der Waals surface area contributed by atoms with Crippen LogP contribution < -0.4 is 4.90 Å². The molecule has 198 valence electrons. The van der Waals surface area contributed by atoms with Gasteiger partial charge in [-0.25, -0.2) is 0 Å². The zero-order valence-electron chi connectivity index (χ0n) is 21.3. The van der Waals surface area contributed by atoms with E-state index in [1.165, 1.54) is 0 Å². The van der Waals surface area contributed by atoms with Crippen molar-refractivity contribution >= 4 is 17.5 Å². The van der Waals surface area contributed by atoms with Crippen molar-refractivity contribution in [1.29, 1.82) is 0 Å². The molecule has 1 aromatic carbocycles. The third-order valence-electron chi connectivity index (χ3n) is 8.13. The summed E-state index contributed by atoms with van der Waals surface area (Å²) in [5.74, 6) is -0.0160. The van der Waals surface area contributed by atoms with Crippen LogP contribution >= 0.6 is 0 Å². The van der Waals surface area contributed by atoms with Crippen LogP contribution in [-0.4, -0.2) is 67.0 Å². The van der Waals surface area contributed by atoms with E-state index < -0.39 is 17.2 Å². The quantitative estimate of drug-likeness (QED) is 0.608. The van der Waals surface area contributed by atoms with Gasteiger partial charge in [0.15, 0.2) is 0 Å². The van der Waals surface area contributed by atoms with E-state index in [0.29, 0.717) is 50.2 Å². The molecule has 3 aliphatic heterocycles. The normalized spacial score (nSPS) is 22.8. The molecule has 0 spiro atoms. The first-order valence-electron chi connectivity index (χ1n) is 12.5. The standard InChI is InChI=1S/C27H31F3N4O3/c1-17(18-4-5-19-12-24(35)32(2)23(19)11-18)34-9-7-26(15-34,16-37-3)25(36)33-8-6-22-20(14-33)10-21(13-31-22)27(28,29)30/h4-5,10-11,13,17H,6-9,12,14-16H2,1-3H3. The molecule has 2 amide bonds. The monoisotopic (exact) mass is 516 g/mol. The zero-order valence-corrected chi connectivity index (χ0v) is 21.3. The Morgan fingerprint density at radius 1 is 1.22 bits per heavy atom. The van der Waals surface area contributed by atoms with Gasteiger partial charge in [-0.05, 0) is 48.7 Å². The molecule has 2 aromatic rings. The van der Waals surface area contributed by atoms with Gasteiger partial charge in [-0.15, -0.1) is 0 Å². The highest BCUT2D eigenvalue weighted by Gasteiger charge is 2.48. The first-order valence-corrected chi connectivity index (χ1v) is 12.5. The lowest BCUT2D eigenvalue weighted by Crippen LogP contribution is -2.49. The van der Waals surface area contributed by atoms with Gasteiger partial charge in [0.1, 0.15) is 0 Å². The third kappa shape index (κ3) is 4.61. The molecule has 3 aliphatic rings. The fourth-order valence-electron chi connectivity index (χ4n) is 5.88. The Hall–Kier alpha value is -2.98. The first kappa shape index (κ1) is 25.7. The van der Waals surface area contributed by atoms with Gasteiger partial charge in [0, 0.05) is 63.8 Å². The summed E-state index contributed by atoms with van der Waals surface area (Å²) in [6.07, 6.45) is -2.19. The van der Waals surface area contributed by atoms with Crippen molar-refractivity contribution in [2.45, 2.75) is 44.9 Å². The molecule has 1 saturated heterocycles. The highest BCUT2D eigenvalue weighted by Crippen LogP contribution is 2.40. The Morgan fingerprint density at radius 2 is 2.00 bits per heavy atom. The van der Waals surface area contributed by atoms with E-state index in [1.54, 1.807) is 24.0 Å². The Bertz CT molecular complexity index is 1230. The molecule has 1 aromatic heterocycles. The molecule has 0 bridgehead atoms. The van der Waals surface area contributed by atoms with Crippen molar-refractivity contribution in [2.24, 2.45) is 5.41 Å². The van der Waals surface area contributed by atoms with Gasteiger partial charge in [0.05, 0.1) is 24.0 Å². The topological polar surface area (TPSA) is 66.0 Å². The minimum atomic E-state index is -4.48. The Balaban J connectivity index is 1.34. The molecular formula is C27H31F3N4O3. The molecule has 0 radical (unpaired) electrons. The van der Waals surface area contributed by atoms with Gasteiger partial charge >= 0.3 is 6.18 Å². The van der Waals surface area contributed by atoms with Crippen LogP contribution in [0.2, 0.25) is 0 Å². The molecule has 1 fully saturated rings. The van der Waals surface area contributed by atoms with Gasteiger partial charge < -0.3 is 14.5 Å². The number of alkyl halides is 3. The van der Waals surface area contributed by atoms with Crippen molar-refractivity contribution < 1.29 is 27.5 Å². The summed E-state index contributed by atoms with van der Waals surface area (Å²) >= 11 is 0. The molecule has 0 N–H and O–H groups in total. The van der Waals surface area contributed by atoms with Crippen LogP contribution in [0.15, 0.2) is 30.5 Å². The predicted molar refractivity (Wildman–Crippen MR) is 131 cm³/mol. The number of carbonyl (C=O) groups is 2. The second kappa shape index (κ2) is 9.40. The number of fused-ring (bicyclic) bond motifs is 2. The Labute approximate surface area is 214 Å². The second-order valence-electron chi connectivity index (χ2n) is 10.4. The molecule has 37 heavy (non-hydrogen) atoms. The van der Waals surface area contributed by atoms with Crippen molar-refractivity contribution in [3.8, 4) is 0 Å². The molecule has 2 unspecified atom stereocenters. The second-order valence-corrected chi connectivity index (χ2v) is 10.4. The van der Waals surface area contributed by atoms with Crippen LogP contribution in [0.3, 0.4) is 0 Å². The van der Waals surface area contributed by atoms with E-state index >= 15 is 0 Å². The smallest absolute Gasteiger partial charge is 0.384 e. The van der Waals surface area contributed by atoms with Crippen LogP contribution in [0, 0.1) is 5.41 Å². The number of benzene rings is 1. The highest BCUT2D eigenvalue weighted by atomic mass is 19.4. The number of amides is 2. The number of methoxy groups -OCH3 is 1. The van der Waals surface area contributed by atoms with Crippen molar-refractivity contribution in [2.75, 3.05) is 45.3 Å². The maximum atomic E-state index is 13.9.